The van der Waals surface area contributed by atoms with E-state index in [9.17, 15) is 18.3 Å². The van der Waals surface area contributed by atoms with E-state index in [0.29, 0.717) is 10.9 Å². The number of halogens is 3. The van der Waals surface area contributed by atoms with Gasteiger partial charge in [0.1, 0.15) is 0 Å². The van der Waals surface area contributed by atoms with Crippen LogP contribution in [0.5, 0.6) is 0 Å². The Balaban J connectivity index is 2.04. The number of hydrogen-bond acceptors (Lipinski definition) is 2. The van der Waals surface area contributed by atoms with Gasteiger partial charge in [0, 0.05) is 0 Å². The second-order valence-electron chi connectivity index (χ2n) is 6.02. The van der Waals surface area contributed by atoms with Crippen molar-refractivity contribution in [2.75, 3.05) is 0 Å². The number of hydrogen-bond donors (Lipinski definition) is 2. The fourth-order valence-corrected chi connectivity index (χ4v) is 3.42. The van der Waals surface area contributed by atoms with Crippen molar-refractivity contribution in [3.05, 3.63) is 60.2 Å². The maximum atomic E-state index is 12.9. The van der Waals surface area contributed by atoms with Gasteiger partial charge in [0.2, 0.25) is 0 Å². The highest BCUT2D eigenvalue weighted by molar-refractivity contribution is 6.23. The molecule has 4 aromatic carbocycles. The molecule has 5 heteroatoms. The molecule has 0 amide bonds. The number of aliphatic hydroxyl groups is 1. The summed E-state index contributed by atoms with van der Waals surface area (Å²) in [6, 6.07) is 15.3. The Labute approximate surface area is 135 Å². The summed E-state index contributed by atoms with van der Waals surface area (Å²) < 4.78 is 38.6. The van der Waals surface area contributed by atoms with E-state index in [1.165, 1.54) is 0 Å². The third-order valence-corrected chi connectivity index (χ3v) is 4.60. The van der Waals surface area contributed by atoms with Gasteiger partial charge in [-0.2, -0.15) is 13.2 Å². The summed E-state index contributed by atoms with van der Waals surface area (Å²) in [5, 5.41) is 15.1. The molecule has 2 atom stereocenters. The van der Waals surface area contributed by atoms with Crippen LogP contribution in [0.1, 0.15) is 11.6 Å². The van der Waals surface area contributed by atoms with Crippen molar-refractivity contribution in [3.63, 3.8) is 0 Å². The van der Waals surface area contributed by atoms with Gasteiger partial charge in [-0.15, -0.1) is 0 Å². The summed E-state index contributed by atoms with van der Waals surface area (Å²) in [5.74, 6) is 0. The van der Waals surface area contributed by atoms with Crippen LogP contribution in [0.15, 0.2) is 54.6 Å². The van der Waals surface area contributed by atoms with Crippen LogP contribution in [-0.4, -0.2) is 17.4 Å². The van der Waals surface area contributed by atoms with Gasteiger partial charge in [-0.1, -0.05) is 54.6 Å². The van der Waals surface area contributed by atoms with Crippen molar-refractivity contribution < 1.29 is 18.3 Å². The van der Waals surface area contributed by atoms with Crippen LogP contribution >= 0.6 is 0 Å². The molecule has 24 heavy (non-hydrogen) atoms. The zero-order valence-electron chi connectivity index (χ0n) is 12.5. The Hall–Kier alpha value is -2.37. The van der Waals surface area contributed by atoms with Crippen LogP contribution in [0.4, 0.5) is 13.2 Å². The minimum Gasteiger partial charge on any atom is -0.382 e. The SMILES string of the molecule is N[C@H](c1ccc2ccc3cccc4ccc1c2c34)[C@@H](O)C(F)(F)F. The second kappa shape index (κ2) is 5.06. The van der Waals surface area contributed by atoms with Crippen molar-refractivity contribution in [2.24, 2.45) is 5.73 Å². The van der Waals surface area contributed by atoms with Gasteiger partial charge in [0.25, 0.3) is 0 Å². The lowest BCUT2D eigenvalue weighted by molar-refractivity contribution is -0.210. The number of rotatable bonds is 2. The van der Waals surface area contributed by atoms with Crippen LogP contribution in [0.25, 0.3) is 32.3 Å². The molecule has 0 saturated carbocycles. The van der Waals surface area contributed by atoms with Crippen molar-refractivity contribution in [3.8, 4) is 0 Å². The molecule has 4 rings (SSSR count). The van der Waals surface area contributed by atoms with E-state index in [1.807, 2.05) is 36.4 Å². The van der Waals surface area contributed by atoms with Crippen molar-refractivity contribution in [2.45, 2.75) is 18.3 Å². The van der Waals surface area contributed by atoms with Crippen LogP contribution in [-0.2, 0) is 0 Å². The first-order valence-corrected chi connectivity index (χ1v) is 7.55. The van der Waals surface area contributed by atoms with E-state index in [0.717, 1.165) is 26.9 Å². The summed E-state index contributed by atoms with van der Waals surface area (Å²) in [4.78, 5) is 0. The topological polar surface area (TPSA) is 46.2 Å². The lowest BCUT2D eigenvalue weighted by Gasteiger charge is -2.23. The van der Waals surface area contributed by atoms with Crippen LogP contribution in [0, 0.1) is 0 Å². The molecule has 122 valence electrons. The summed E-state index contributed by atoms with van der Waals surface area (Å²) in [5.41, 5.74) is 6.05. The lowest BCUT2D eigenvalue weighted by Crippen LogP contribution is -2.38. The van der Waals surface area contributed by atoms with Gasteiger partial charge in [0.15, 0.2) is 6.10 Å². The molecule has 0 fully saturated rings. The fourth-order valence-electron chi connectivity index (χ4n) is 3.42. The summed E-state index contributed by atoms with van der Waals surface area (Å²) in [6.07, 6.45) is -7.36. The predicted molar refractivity (Wildman–Crippen MR) is 89.1 cm³/mol. The molecule has 0 unspecified atom stereocenters. The van der Waals surface area contributed by atoms with Gasteiger partial charge >= 0.3 is 6.18 Å². The Kier molecular flexibility index (Phi) is 3.20. The predicted octanol–water partition coefficient (Wildman–Crippen LogP) is 4.51. The molecule has 0 aliphatic heterocycles. The molecule has 4 aromatic rings. The summed E-state index contributed by atoms with van der Waals surface area (Å²) in [7, 11) is 0. The molecule has 0 spiro atoms. The molecule has 0 saturated heterocycles. The van der Waals surface area contributed by atoms with Crippen molar-refractivity contribution in [1.82, 2.24) is 0 Å². The molecule has 3 N–H and O–H groups in total. The van der Waals surface area contributed by atoms with E-state index in [-0.39, 0.29) is 0 Å². The Morgan fingerprint density at radius 1 is 0.792 bits per heavy atom. The van der Waals surface area contributed by atoms with Gasteiger partial charge in [-0.3, -0.25) is 0 Å². The zero-order chi connectivity index (χ0) is 17.1. The zero-order valence-corrected chi connectivity index (χ0v) is 12.5. The van der Waals surface area contributed by atoms with E-state index >= 15 is 0 Å². The minimum absolute atomic E-state index is 0.297. The number of benzene rings is 4. The van der Waals surface area contributed by atoms with Gasteiger partial charge in [0.05, 0.1) is 6.04 Å². The summed E-state index contributed by atoms with van der Waals surface area (Å²) >= 11 is 0. The molecular formula is C19H14F3NO. The molecule has 0 aliphatic rings. The second-order valence-corrected chi connectivity index (χ2v) is 6.02. The molecule has 0 bridgehead atoms. The third-order valence-electron chi connectivity index (χ3n) is 4.60. The van der Waals surface area contributed by atoms with Crippen LogP contribution in [0.2, 0.25) is 0 Å². The quantitative estimate of drug-likeness (QED) is 0.532. The average molecular weight is 329 g/mol. The molecule has 0 aromatic heterocycles. The maximum Gasteiger partial charge on any atom is 0.416 e. The van der Waals surface area contributed by atoms with Gasteiger partial charge in [-0.25, -0.2) is 0 Å². The van der Waals surface area contributed by atoms with Gasteiger partial charge < -0.3 is 10.8 Å². The number of alkyl halides is 3. The van der Waals surface area contributed by atoms with E-state index in [2.05, 4.69) is 0 Å². The molecule has 0 aliphatic carbocycles. The van der Waals surface area contributed by atoms with Crippen molar-refractivity contribution in [1.29, 1.82) is 0 Å². The highest BCUT2D eigenvalue weighted by Gasteiger charge is 2.43. The monoisotopic (exact) mass is 329 g/mol. The molecule has 0 radical (unpaired) electrons. The normalized spacial score (nSPS) is 15.4. The molecule has 2 nitrogen and oxygen atoms in total. The van der Waals surface area contributed by atoms with E-state index < -0.39 is 18.3 Å². The lowest BCUT2D eigenvalue weighted by atomic mass is 9.89. The highest BCUT2D eigenvalue weighted by atomic mass is 19.4. The summed E-state index contributed by atoms with van der Waals surface area (Å²) in [6.45, 7) is 0. The minimum atomic E-state index is -4.76. The first-order valence-electron chi connectivity index (χ1n) is 7.55. The Morgan fingerprint density at radius 2 is 1.33 bits per heavy atom. The van der Waals surface area contributed by atoms with E-state index in [4.69, 9.17) is 5.73 Å². The Bertz CT molecular complexity index is 1030. The Morgan fingerprint density at radius 3 is 1.96 bits per heavy atom. The van der Waals surface area contributed by atoms with Crippen LogP contribution in [0.3, 0.4) is 0 Å². The number of nitrogens with two attached hydrogens (primary N) is 1. The van der Waals surface area contributed by atoms with E-state index in [1.54, 1.807) is 18.2 Å². The fraction of sp³-hybridized carbons (Fsp3) is 0.158. The average Bonchev–Trinajstić information content (AvgIpc) is 2.57. The molecular weight excluding hydrogens is 315 g/mol. The standard InChI is InChI=1S/C19H14F3NO/c20-19(21,22)18(24)17(23)14-9-7-12-5-4-10-2-1-3-11-6-8-13(14)16(12)15(10)11/h1-9,17-18,24H,23H2/t17-,18-/m1/s1. The van der Waals surface area contributed by atoms with Crippen molar-refractivity contribution >= 4 is 32.3 Å². The number of aliphatic hydroxyl groups excluding tert-OH is 1. The maximum absolute atomic E-state index is 12.9. The first-order chi connectivity index (χ1) is 11.4. The third kappa shape index (κ3) is 2.12. The van der Waals surface area contributed by atoms with Gasteiger partial charge in [-0.05, 0) is 37.9 Å². The molecule has 0 heterocycles. The first kappa shape index (κ1) is 15.2. The highest BCUT2D eigenvalue weighted by Crippen LogP contribution is 2.39. The largest absolute Gasteiger partial charge is 0.416 e. The van der Waals surface area contributed by atoms with Crippen LogP contribution < -0.4 is 5.73 Å². The smallest absolute Gasteiger partial charge is 0.382 e.